The molecule has 5 saturated heterocycles. The van der Waals surface area contributed by atoms with Crippen LogP contribution in [0.3, 0.4) is 0 Å². The SMILES string of the molecule is NC(N)C(C(=O)NC1CNCCC1N1CCC(C(=O)N2CCCC2)CC1)C1NCC(F)C[N+]12CCCCC2. The number of alkyl halides is 1. The van der Waals surface area contributed by atoms with Gasteiger partial charge in [-0.3, -0.25) is 19.8 Å². The molecule has 5 rings (SSSR count). The van der Waals surface area contributed by atoms with Crippen molar-refractivity contribution in [2.24, 2.45) is 23.3 Å². The van der Waals surface area contributed by atoms with Gasteiger partial charge in [-0.2, -0.15) is 0 Å². The third kappa shape index (κ3) is 6.02. The van der Waals surface area contributed by atoms with Crippen molar-refractivity contribution in [2.75, 3.05) is 65.4 Å². The first-order valence-corrected chi connectivity index (χ1v) is 15.2. The van der Waals surface area contributed by atoms with Gasteiger partial charge in [-0.05, 0) is 71.0 Å². The minimum absolute atomic E-state index is 0.0596. The van der Waals surface area contributed by atoms with Gasteiger partial charge in [0, 0.05) is 38.1 Å². The lowest BCUT2D eigenvalue weighted by Crippen LogP contribution is -2.76. The maximum absolute atomic E-state index is 14.6. The van der Waals surface area contributed by atoms with E-state index < -0.39 is 18.3 Å². The molecule has 0 radical (unpaired) electrons. The topological polar surface area (TPSA) is 129 Å². The number of halogens is 1. The highest BCUT2D eigenvalue weighted by atomic mass is 19.1. The molecule has 38 heavy (non-hydrogen) atoms. The lowest BCUT2D eigenvalue weighted by atomic mass is 9.89. The van der Waals surface area contributed by atoms with Crippen LogP contribution in [0.25, 0.3) is 0 Å². The van der Waals surface area contributed by atoms with Gasteiger partial charge in [0.15, 0.2) is 12.3 Å². The number of rotatable bonds is 6. The van der Waals surface area contributed by atoms with Gasteiger partial charge in [0.25, 0.3) is 0 Å². The second-order valence-electron chi connectivity index (χ2n) is 12.5. The van der Waals surface area contributed by atoms with Crippen molar-refractivity contribution in [3.8, 4) is 0 Å². The fourth-order valence-electron chi connectivity index (χ4n) is 8.00. The van der Waals surface area contributed by atoms with Gasteiger partial charge in [-0.25, -0.2) is 4.39 Å². The largest absolute Gasteiger partial charge is 0.350 e. The van der Waals surface area contributed by atoms with Crippen molar-refractivity contribution in [2.45, 2.75) is 82.0 Å². The van der Waals surface area contributed by atoms with Crippen molar-refractivity contribution in [1.29, 1.82) is 0 Å². The number of nitrogens with two attached hydrogens (primary N) is 2. The summed E-state index contributed by atoms with van der Waals surface area (Å²) in [4.78, 5) is 31.3. The lowest BCUT2D eigenvalue weighted by Gasteiger charge is -2.53. The molecule has 0 saturated carbocycles. The summed E-state index contributed by atoms with van der Waals surface area (Å²) in [6.07, 6.45) is 6.14. The van der Waals surface area contributed by atoms with E-state index in [4.69, 9.17) is 11.5 Å². The Morgan fingerprint density at radius 3 is 2.34 bits per heavy atom. The minimum Gasteiger partial charge on any atom is -0.350 e. The zero-order valence-corrected chi connectivity index (χ0v) is 23.0. The summed E-state index contributed by atoms with van der Waals surface area (Å²) in [7, 11) is 0. The number of carbonyl (C=O) groups is 2. The van der Waals surface area contributed by atoms with Crippen molar-refractivity contribution in [1.82, 2.24) is 25.8 Å². The van der Waals surface area contributed by atoms with E-state index in [1.54, 1.807) is 0 Å². The number of nitrogens with zero attached hydrogens (tertiary/aromatic N) is 3. The van der Waals surface area contributed by atoms with E-state index in [9.17, 15) is 14.0 Å². The number of amides is 2. The van der Waals surface area contributed by atoms with E-state index in [2.05, 4.69) is 20.9 Å². The molecular formula is C27H50FN8O2+. The Bertz CT molecular complexity index is 811. The normalized spacial score (nSPS) is 33.9. The molecule has 5 heterocycles. The Balaban J connectivity index is 1.23. The molecule has 0 aliphatic carbocycles. The highest BCUT2D eigenvalue weighted by Crippen LogP contribution is 2.31. The van der Waals surface area contributed by atoms with Crippen LogP contribution >= 0.6 is 0 Å². The summed E-state index contributed by atoms with van der Waals surface area (Å²) in [6, 6.07) is 0.154. The summed E-state index contributed by atoms with van der Waals surface area (Å²) in [5, 5.41) is 10.1. The fraction of sp³-hybridized carbons (Fsp3) is 0.926. The molecule has 5 fully saturated rings. The van der Waals surface area contributed by atoms with Gasteiger partial charge in [0.1, 0.15) is 12.5 Å². The average molecular weight is 538 g/mol. The van der Waals surface area contributed by atoms with Crippen molar-refractivity contribution >= 4 is 11.8 Å². The zero-order chi connectivity index (χ0) is 26.7. The molecule has 0 aromatic carbocycles. The Kier molecular flexibility index (Phi) is 9.21. The predicted octanol–water partition coefficient (Wildman–Crippen LogP) is -0.705. The number of hydrogen-bond donors (Lipinski definition) is 5. The van der Waals surface area contributed by atoms with E-state index in [-0.39, 0.29) is 36.6 Å². The van der Waals surface area contributed by atoms with Crippen LogP contribution in [0, 0.1) is 11.8 Å². The van der Waals surface area contributed by atoms with Crippen molar-refractivity contribution in [3.63, 3.8) is 0 Å². The molecule has 5 unspecified atom stereocenters. The first-order chi connectivity index (χ1) is 18.4. The fourth-order valence-corrected chi connectivity index (χ4v) is 8.00. The number of quaternary nitrogens is 1. The highest BCUT2D eigenvalue weighted by molar-refractivity contribution is 5.80. The predicted molar refractivity (Wildman–Crippen MR) is 144 cm³/mol. The molecular weight excluding hydrogens is 487 g/mol. The minimum atomic E-state index is -0.922. The van der Waals surface area contributed by atoms with Gasteiger partial charge in [0.2, 0.25) is 11.8 Å². The number of hydrogen-bond acceptors (Lipinski definition) is 7. The quantitative estimate of drug-likeness (QED) is 0.224. The Morgan fingerprint density at radius 1 is 0.947 bits per heavy atom. The van der Waals surface area contributed by atoms with Crippen molar-refractivity contribution in [3.05, 3.63) is 0 Å². The second-order valence-corrected chi connectivity index (χ2v) is 12.5. The Labute approximate surface area is 227 Å². The van der Waals surface area contributed by atoms with Gasteiger partial charge >= 0.3 is 0 Å². The summed E-state index contributed by atoms with van der Waals surface area (Å²) < 4.78 is 15.1. The molecule has 0 aromatic rings. The van der Waals surface area contributed by atoms with Gasteiger partial charge in [-0.1, -0.05) is 0 Å². The highest BCUT2D eigenvalue weighted by Gasteiger charge is 2.51. The summed E-state index contributed by atoms with van der Waals surface area (Å²) in [6.45, 7) is 7.55. The Morgan fingerprint density at radius 2 is 1.66 bits per heavy atom. The molecule has 216 valence electrons. The average Bonchev–Trinajstić information content (AvgIpc) is 3.46. The van der Waals surface area contributed by atoms with Crippen molar-refractivity contribution < 1.29 is 18.5 Å². The van der Waals surface area contributed by atoms with Crippen LogP contribution in [-0.4, -0.2) is 122 Å². The number of nitrogens with one attached hydrogen (secondary N) is 3. The summed E-state index contributed by atoms with van der Waals surface area (Å²) in [5.41, 5.74) is 12.6. The lowest BCUT2D eigenvalue weighted by molar-refractivity contribution is -0.967. The molecule has 5 aliphatic rings. The number of likely N-dealkylation sites (tertiary alicyclic amines) is 2. The third-order valence-electron chi connectivity index (χ3n) is 10.0. The van der Waals surface area contributed by atoms with Crippen LogP contribution in [0.5, 0.6) is 0 Å². The Hall–Kier alpha value is -1.37. The molecule has 5 aliphatic heterocycles. The molecule has 2 amide bonds. The summed E-state index contributed by atoms with van der Waals surface area (Å²) >= 11 is 0. The number of piperidine rings is 3. The van der Waals surface area contributed by atoms with Gasteiger partial charge in [-0.15, -0.1) is 0 Å². The van der Waals surface area contributed by atoms with E-state index in [0.29, 0.717) is 23.5 Å². The van der Waals surface area contributed by atoms with Crippen LogP contribution < -0.4 is 27.4 Å². The van der Waals surface area contributed by atoms with Gasteiger partial charge < -0.3 is 31.5 Å². The molecule has 0 bridgehead atoms. The molecule has 0 aromatic heterocycles. The van der Waals surface area contributed by atoms with Crippen LogP contribution in [0.2, 0.25) is 0 Å². The standard InChI is InChI=1S/C27H49FN8O2/c28-20-16-32-25(36(18-20)14-4-1-5-15-36)23(24(29)30)26(37)33-21-17-31-9-6-22(21)34-12-7-19(8-13-34)27(38)35-10-2-3-11-35/h19-25,31-32H,1-18,29-30H2/p+1. The molecule has 7 N–H and O–H groups in total. The van der Waals surface area contributed by atoms with Crippen LogP contribution in [0.15, 0.2) is 0 Å². The van der Waals surface area contributed by atoms with Crippen LogP contribution in [-0.2, 0) is 9.59 Å². The number of carbonyl (C=O) groups excluding carboxylic acids is 2. The van der Waals surface area contributed by atoms with E-state index in [1.165, 1.54) is 0 Å². The maximum Gasteiger partial charge on any atom is 0.233 e. The van der Waals surface area contributed by atoms with Crippen LogP contribution in [0.1, 0.15) is 51.4 Å². The molecule has 10 nitrogen and oxygen atoms in total. The zero-order valence-electron chi connectivity index (χ0n) is 23.0. The maximum atomic E-state index is 14.6. The first kappa shape index (κ1) is 28.2. The molecule has 5 atom stereocenters. The third-order valence-corrected chi connectivity index (χ3v) is 10.0. The smallest absolute Gasteiger partial charge is 0.233 e. The monoisotopic (exact) mass is 537 g/mol. The van der Waals surface area contributed by atoms with Gasteiger partial charge in [0.05, 0.1) is 25.3 Å². The second kappa shape index (κ2) is 12.4. The molecule has 1 spiro atoms. The first-order valence-electron chi connectivity index (χ1n) is 15.2. The summed E-state index contributed by atoms with van der Waals surface area (Å²) in [5.74, 6) is -0.301. The van der Waals surface area contributed by atoms with Crippen LogP contribution in [0.4, 0.5) is 4.39 Å². The van der Waals surface area contributed by atoms with E-state index >= 15 is 0 Å². The van der Waals surface area contributed by atoms with E-state index in [1.807, 2.05) is 4.90 Å². The molecule has 11 heteroatoms. The van der Waals surface area contributed by atoms with E-state index in [0.717, 1.165) is 97.2 Å².